The van der Waals surface area contributed by atoms with E-state index in [0.29, 0.717) is 60.1 Å². The summed E-state index contributed by atoms with van der Waals surface area (Å²) >= 11 is 0. The summed E-state index contributed by atoms with van der Waals surface area (Å²) in [5, 5.41) is 23.2. The van der Waals surface area contributed by atoms with E-state index in [1.165, 1.54) is 5.56 Å². The third-order valence-electron chi connectivity index (χ3n) is 19.1. The maximum Gasteiger partial charge on any atom is 0.291 e. The maximum absolute atomic E-state index is 15.2. The zero-order valence-electron chi connectivity index (χ0n) is 54.1. The second-order valence-electron chi connectivity index (χ2n) is 28.8. The van der Waals surface area contributed by atoms with Crippen molar-refractivity contribution < 1.29 is 19.2 Å². The van der Waals surface area contributed by atoms with Crippen molar-refractivity contribution in [1.82, 2.24) is 31.1 Å². The van der Waals surface area contributed by atoms with Gasteiger partial charge in [-0.05, 0) is 176 Å². The number of amidine groups is 3. The molecule has 0 aromatic heterocycles. The van der Waals surface area contributed by atoms with E-state index in [2.05, 4.69) is 140 Å². The van der Waals surface area contributed by atoms with Crippen molar-refractivity contribution in [1.29, 1.82) is 11.1 Å². The number of hydrogen-bond acceptors (Lipinski definition) is 10. The molecule has 18 nitrogen and oxygen atoms in total. The summed E-state index contributed by atoms with van der Waals surface area (Å²) < 4.78 is 0. The highest BCUT2D eigenvalue weighted by Gasteiger charge is 2.56. The van der Waals surface area contributed by atoms with Crippen molar-refractivity contribution in [2.45, 2.75) is 202 Å². The monoisotopic (exact) mass is 1200 g/mol. The van der Waals surface area contributed by atoms with Gasteiger partial charge in [-0.2, -0.15) is 10.6 Å². The molecule has 8 N–H and O–H groups in total. The first kappa shape index (κ1) is 66.3. The molecule has 472 valence electrons. The molecule has 0 radical (unpaired) electrons. The molecule has 2 spiro atoms. The van der Waals surface area contributed by atoms with E-state index in [9.17, 15) is 9.59 Å². The van der Waals surface area contributed by atoms with Crippen LogP contribution in [-0.2, 0) is 29.1 Å². The molecule has 4 aromatic rings. The molecule has 2 saturated heterocycles. The van der Waals surface area contributed by atoms with Crippen LogP contribution in [0.1, 0.15) is 214 Å². The van der Waals surface area contributed by atoms with Gasteiger partial charge in [-0.25, -0.2) is 5.53 Å². The number of nitrogens with zero attached hydrogens (tertiary/aromatic N) is 7. The predicted octanol–water partition coefficient (Wildman–Crippen LogP) is 13.4. The molecule has 4 amide bonds. The van der Waals surface area contributed by atoms with Crippen molar-refractivity contribution in [2.24, 2.45) is 65.2 Å². The van der Waals surface area contributed by atoms with Gasteiger partial charge < -0.3 is 36.8 Å². The first-order valence-corrected chi connectivity index (χ1v) is 32.0. The number of benzene rings is 4. The van der Waals surface area contributed by atoms with Crippen molar-refractivity contribution in [2.75, 3.05) is 13.1 Å². The van der Waals surface area contributed by atoms with Crippen LogP contribution in [0.3, 0.4) is 0 Å². The molecule has 3 unspecified atom stereocenters. The van der Waals surface area contributed by atoms with Gasteiger partial charge in [-0.3, -0.25) is 29.2 Å². The fourth-order valence-electron chi connectivity index (χ4n) is 13.8. The number of carbonyl (C=O) groups excluding carboxylic acids is 4. The van der Waals surface area contributed by atoms with Gasteiger partial charge in [-0.1, -0.05) is 153 Å². The molecule has 8 rings (SSSR count). The Morgan fingerprint density at radius 1 is 0.636 bits per heavy atom. The first-order valence-electron chi connectivity index (χ1n) is 32.0. The summed E-state index contributed by atoms with van der Waals surface area (Å²) in [4.78, 5) is 71.1. The van der Waals surface area contributed by atoms with Gasteiger partial charge in [0.05, 0.1) is 37.8 Å². The molecular weight excluding hydrogens is 1100 g/mol. The lowest BCUT2D eigenvalue weighted by Gasteiger charge is -2.49. The van der Waals surface area contributed by atoms with Gasteiger partial charge in [0, 0.05) is 17.7 Å². The molecule has 0 bridgehead atoms. The normalized spacial score (nSPS) is 22.9. The highest BCUT2D eigenvalue weighted by molar-refractivity contribution is 6.40. The summed E-state index contributed by atoms with van der Waals surface area (Å²) in [5.74, 6) is 1.35. The van der Waals surface area contributed by atoms with E-state index in [1.807, 2.05) is 66.7 Å². The molecule has 2 aliphatic carbocycles. The molecule has 2 aliphatic heterocycles. The fourth-order valence-corrected chi connectivity index (χ4v) is 13.8. The van der Waals surface area contributed by atoms with Gasteiger partial charge in [0.25, 0.3) is 23.6 Å². The van der Waals surface area contributed by atoms with E-state index >= 15 is 9.59 Å². The topological polar surface area (TPSA) is 258 Å². The minimum absolute atomic E-state index is 0.0144. The summed E-state index contributed by atoms with van der Waals surface area (Å²) in [6.07, 6.45) is 10.9. The third-order valence-corrected chi connectivity index (χ3v) is 19.1. The van der Waals surface area contributed by atoms with Crippen molar-refractivity contribution in [3.8, 4) is 0 Å². The van der Waals surface area contributed by atoms with Crippen LogP contribution in [-0.4, -0.2) is 81.4 Å². The Labute approximate surface area is 522 Å². The van der Waals surface area contributed by atoms with E-state index in [-0.39, 0.29) is 76.9 Å². The average Bonchev–Trinajstić information content (AvgIpc) is 1.72. The summed E-state index contributed by atoms with van der Waals surface area (Å²) in [6, 6.07) is 33.0. The molecule has 2 heterocycles. The summed E-state index contributed by atoms with van der Waals surface area (Å²) in [7, 11) is 0. The summed E-state index contributed by atoms with van der Waals surface area (Å²) in [5.41, 5.74) is 25.0. The number of hydrogen-bond donors (Lipinski definition) is 7. The Hall–Kier alpha value is -7.63. The number of amides is 4. The Morgan fingerprint density at radius 3 is 1.62 bits per heavy atom. The molecule has 3 atom stereocenters. The van der Waals surface area contributed by atoms with Gasteiger partial charge in [-0.15, -0.1) is 5.10 Å². The number of nitrogens with one attached hydrogen (secondary N) is 6. The van der Waals surface area contributed by atoms with Crippen LogP contribution in [0.4, 0.5) is 0 Å². The lowest BCUT2D eigenvalue weighted by molar-refractivity contribution is -0.134. The van der Waals surface area contributed by atoms with Crippen molar-refractivity contribution in [3.63, 3.8) is 0 Å². The minimum atomic E-state index is -0.682. The number of rotatable bonds is 24. The maximum atomic E-state index is 15.2. The van der Waals surface area contributed by atoms with E-state index in [1.54, 1.807) is 19.1 Å². The SMILES string of the molecule is CC(C)CCC(c1ccc(C(=O)NCC(C)N=N)cc1)N1C(=O)C(=NCc2cccc(CC(C)(C)C3CCC4(CC3)NC(=NCc3ccccc3)C(=O)N4C(CCC(C)(C)C)c3ccc(C(=O)NCC(N)=NN=N)cc3)c2)NC12CCC(C(C)(C)C)CC2. The largest absolute Gasteiger partial charge is 0.384 e. The smallest absolute Gasteiger partial charge is 0.291 e. The fraction of sp³-hybridized carbons (Fsp3) is 0.557. The standard InChI is InChI=1S/C70H98N14O4/c1-46(2)20-29-57(51-21-25-53(26-22-51)62(85)76-42-47(3)80-72)83-64(87)61(79-69(83)36-30-55(31-37-69)67(7,8)9)75-44-50-19-15-18-49(40-50)41-68(10,11)56-32-38-70(39-33-56)78-60(74-43-48-16-13-12-14-17-48)65(88)84(70)58(34-35-66(4,5)6)52-23-27-54(28-24-52)63(86)77-45-59(71)81-82-73/h12-19,21-28,40,46-47,55-58,72H,20,29-39,41-45H2,1-11H3,(H,74,78)(H,75,79)(H,76,85)(H,77,86)(H3,71,73,81). The summed E-state index contributed by atoms with van der Waals surface area (Å²) in [6.45, 7) is 25.5. The van der Waals surface area contributed by atoms with Crippen LogP contribution in [0.25, 0.3) is 0 Å². The molecule has 18 heteroatoms. The third kappa shape index (κ3) is 16.4. The number of carbonyl (C=O) groups is 4. The van der Waals surface area contributed by atoms with Crippen LogP contribution < -0.4 is 27.0 Å². The van der Waals surface area contributed by atoms with Gasteiger partial charge >= 0.3 is 0 Å². The second kappa shape index (κ2) is 28.2. The van der Waals surface area contributed by atoms with Gasteiger partial charge in [0.1, 0.15) is 17.2 Å². The molecule has 4 aromatic carbocycles. The van der Waals surface area contributed by atoms with Crippen LogP contribution in [0.15, 0.2) is 129 Å². The Balaban J connectivity index is 1.02. The van der Waals surface area contributed by atoms with Crippen LogP contribution in [0, 0.1) is 45.1 Å². The minimum Gasteiger partial charge on any atom is -0.384 e. The molecule has 4 aliphatic rings. The zero-order chi connectivity index (χ0) is 63.6. The first-order chi connectivity index (χ1) is 41.7. The predicted molar refractivity (Wildman–Crippen MR) is 349 cm³/mol. The highest BCUT2D eigenvalue weighted by Crippen LogP contribution is 2.50. The van der Waals surface area contributed by atoms with Crippen LogP contribution in [0.2, 0.25) is 0 Å². The molecule has 4 fully saturated rings. The van der Waals surface area contributed by atoms with E-state index in [0.717, 1.165) is 99.3 Å². The Bertz CT molecular complexity index is 3180. The second-order valence-corrected chi connectivity index (χ2v) is 28.8. The Morgan fingerprint density at radius 2 is 1.12 bits per heavy atom. The van der Waals surface area contributed by atoms with Gasteiger partial charge in [0.15, 0.2) is 11.7 Å². The van der Waals surface area contributed by atoms with Crippen molar-refractivity contribution in [3.05, 3.63) is 142 Å². The number of aliphatic imine (C=N–C) groups is 2. The van der Waals surface area contributed by atoms with Crippen LogP contribution >= 0.6 is 0 Å². The molecular formula is C70H98N14O4. The number of nitrogens with two attached hydrogens (primary N) is 1. The lowest BCUT2D eigenvalue weighted by Crippen LogP contribution is -2.56. The van der Waals surface area contributed by atoms with E-state index < -0.39 is 11.3 Å². The van der Waals surface area contributed by atoms with Gasteiger partial charge in [0.2, 0.25) is 0 Å². The van der Waals surface area contributed by atoms with E-state index in [4.69, 9.17) is 26.8 Å². The molecule has 2 saturated carbocycles. The zero-order valence-corrected chi connectivity index (χ0v) is 54.1. The lowest BCUT2D eigenvalue weighted by atomic mass is 9.66. The van der Waals surface area contributed by atoms with Crippen molar-refractivity contribution >= 4 is 41.1 Å². The Kier molecular flexibility index (Phi) is 21.3. The average molecular weight is 1200 g/mol. The molecule has 88 heavy (non-hydrogen) atoms. The quantitative estimate of drug-likeness (QED) is 0.0154. The highest BCUT2D eigenvalue weighted by atomic mass is 16.2. The van der Waals surface area contributed by atoms with Crippen LogP contribution in [0.5, 0.6) is 0 Å².